The topological polar surface area (TPSA) is 105 Å². The first-order valence-electron chi connectivity index (χ1n) is 9.37. The molecule has 0 heterocycles. The van der Waals surface area contributed by atoms with Gasteiger partial charge >= 0.3 is 12.1 Å². The molecule has 0 unspecified atom stereocenters. The van der Waals surface area contributed by atoms with Crippen molar-refractivity contribution < 1.29 is 24.2 Å². The van der Waals surface area contributed by atoms with Gasteiger partial charge in [0.25, 0.3) is 0 Å². The minimum Gasteiger partial charge on any atom is -0.480 e. The van der Waals surface area contributed by atoms with Crippen LogP contribution in [0.5, 0.6) is 0 Å². The smallest absolute Gasteiger partial charge is 0.408 e. The Morgan fingerprint density at radius 1 is 1.11 bits per heavy atom. The van der Waals surface area contributed by atoms with Gasteiger partial charge in [-0.1, -0.05) is 63.4 Å². The molecule has 1 aliphatic carbocycles. The summed E-state index contributed by atoms with van der Waals surface area (Å²) < 4.78 is 5.26. The standard InChI is InChI=1S/C20H28N2O5/c1-14(2)16(17(23)24)21-18(25)20(11-7-4-8-12-20)22-19(26)27-13-15-9-5-3-6-10-15/h3,5-6,9-10,14,16H,4,7-8,11-13H2,1-2H3,(H,21,25)(H,22,26)(H,23,24)/t16-/m0/s1. The summed E-state index contributed by atoms with van der Waals surface area (Å²) in [5, 5.41) is 14.7. The zero-order chi connectivity index (χ0) is 19.9. The van der Waals surface area contributed by atoms with Crippen LogP contribution in [-0.2, 0) is 20.9 Å². The van der Waals surface area contributed by atoms with Gasteiger partial charge in [0, 0.05) is 0 Å². The molecule has 1 aromatic carbocycles. The lowest BCUT2D eigenvalue weighted by Gasteiger charge is -2.37. The molecule has 0 aliphatic heterocycles. The monoisotopic (exact) mass is 376 g/mol. The SMILES string of the molecule is CC(C)[C@H](NC(=O)C1(NC(=O)OCc2ccccc2)CCCCC1)C(=O)O. The predicted molar refractivity (Wildman–Crippen MR) is 100.0 cm³/mol. The van der Waals surface area contributed by atoms with Gasteiger partial charge in [-0.2, -0.15) is 0 Å². The minimum absolute atomic E-state index is 0.105. The van der Waals surface area contributed by atoms with E-state index in [1.54, 1.807) is 13.8 Å². The van der Waals surface area contributed by atoms with E-state index >= 15 is 0 Å². The second-order valence-corrected chi connectivity index (χ2v) is 7.36. The first kappa shape index (κ1) is 20.7. The van der Waals surface area contributed by atoms with Crippen LogP contribution in [0.3, 0.4) is 0 Å². The van der Waals surface area contributed by atoms with Crippen LogP contribution in [0.1, 0.15) is 51.5 Å². The van der Waals surface area contributed by atoms with Crippen LogP contribution in [0.15, 0.2) is 30.3 Å². The number of nitrogens with one attached hydrogen (secondary N) is 2. The van der Waals surface area contributed by atoms with Crippen LogP contribution in [0.4, 0.5) is 4.79 Å². The molecule has 148 valence electrons. The van der Waals surface area contributed by atoms with E-state index in [0.29, 0.717) is 12.8 Å². The number of carboxylic acids is 1. The molecule has 0 spiro atoms. The Morgan fingerprint density at radius 2 is 1.74 bits per heavy atom. The molecule has 1 aliphatic rings. The Hall–Kier alpha value is -2.57. The number of aliphatic carboxylic acids is 1. The molecule has 1 fully saturated rings. The van der Waals surface area contributed by atoms with Gasteiger partial charge in [-0.25, -0.2) is 9.59 Å². The number of carbonyl (C=O) groups is 3. The molecule has 0 radical (unpaired) electrons. The average Bonchev–Trinajstić information content (AvgIpc) is 2.65. The van der Waals surface area contributed by atoms with Crippen LogP contribution in [-0.4, -0.2) is 34.7 Å². The van der Waals surface area contributed by atoms with E-state index < -0.39 is 29.6 Å². The molecule has 7 heteroatoms. The summed E-state index contributed by atoms with van der Waals surface area (Å²) >= 11 is 0. The number of benzene rings is 1. The second kappa shape index (κ2) is 9.39. The Morgan fingerprint density at radius 3 is 2.30 bits per heavy atom. The first-order valence-corrected chi connectivity index (χ1v) is 9.37. The van der Waals surface area contributed by atoms with Crippen molar-refractivity contribution in [2.75, 3.05) is 0 Å². The number of hydrogen-bond acceptors (Lipinski definition) is 4. The third-order valence-electron chi connectivity index (χ3n) is 4.92. The van der Waals surface area contributed by atoms with Gasteiger partial charge in [0.15, 0.2) is 0 Å². The predicted octanol–water partition coefficient (Wildman–Crippen LogP) is 2.84. The molecule has 1 saturated carbocycles. The van der Waals surface area contributed by atoms with E-state index in [9.17, 15) is 19.5 Å². The van der Waals surface area contributed by atoms with Crippen molar-refractivity contribution in [1.29, 1.82) is 0 Å². The number of hydrogen-bond donors (Lipinski definition) is 3. The molecular weight excluding hydrogens is 348 g/mol. The van der Waals surface area contributed by atoms with Crippen LogP contribution in [0.2, 0.25) is 0 Å². The molecule has 3 N–H and O–H groups in total. The van der Waals surface area contributed by atoms with E-state index in [0.717, 1.165) is 24.8 Å². The highest BCUT2D eigenvalue weighted by Crippen LogP contribution is 2.29. The summed E-state index contributed by atoms with van der Waals surface area (Å²) in [4.78, 5) is 36.6. The number of carbonyl (C=O) groups excluding carboxylic acids is 2. The lowest BCUT2D eigenvalue weighted by Crippen LogP contribution is -2.62. The Balaban J connectivity index is 2.05. The van der Waals surface area contributed by atoms with Crippen LogP contribution >= 0.6 is 0 Å². The zero-order valence-electron chi connectivity index (χ0n) is 15.9. The molecule has 0 saturated heterocycles. The Kier molecular flexibility index (Phi) is 7.21. The summed E-state index contributed by atoms with van der Waals surface area (Å²) in [6, 6.07) is 8.26. The Labute approximate surface area is 159 Å². The van der Waals surface area contributed by atoms with Crippen molar-refractivity contribution >= 4 is 18.0 Å². The highest BCUT2D eigenvalue weighted by molar-refractivity contribution is 5.92. The molecular formula is C20H28N2O5. The maximum Gasteiger partial charge on any atom is 0.408 e. The van der Waals surface area contributed by atoms with Gasteiger partial charge in [0.1, 0.15) is 18.2 Å². The van der Waals surface area contributed by atoms with Crippen molar-refractivity contribution in [2.24, 2.45) is 5.92 Å². The normalized spacial score (nSPS) is 17.0. The minimum atomic E-state index is -1.13. The summed E-state index contributed by atoms with van der Waals surface area (Å²) in [5.74, 6) is -1.81. The Bertz CT molecular complexity index is 654. The van der Waals surface area contributed by atoms with Crippen molar-refractivity contribution in [3.63, 3.8) is 0 Å². The second-order valence-electron chi connectivity index (χ2n) is 7.36. The first-order chi connectivity index (χ1) is 12.8. The molecule has 27 heavy (non-hydrogen) atoms. The highest BCUT2D eigenvalue weighted by atomic mass is 16.5. The number of rotatable bonds is 7. The maximum absolute atomic E-state index is 12.9. The fourth-order valence-electron chi connectivity index (χ4n) is 3.31. The highest BCUT2D eigenvalue weighted by Gasteiger charge is 2.43. The fraction of sp³-hybridized carbons (Fsp3) is 0.550. The summed E-state index contributed by atoms with van der Waals surface area (Å²) in [7, 11) is 0. The van der Waals surface area contributed by atoms with Crippen molar-refractivity contribution in [3.8, 4) is 0 Å². The van der Waals surface area contributed by atoms with Crippen molar-refractivity contribution in [3.05, 3.63) is 35.9 Å². The van der Waals surface area contributed by atoms with E-state index in [2.05, 4.69) is 10.6 Å². The van der Waals surface area contributed by atoms with Crippen LogP contribution < -0.4 is 10.6 Å². The lowest BCUT2D eigenvalue weighted by molar-refractivity contribution is -0.144. The quantitative estimate of drug-likeness (QED) is 0.679. The fourth-order valence-corrected chi connectivity index (χ4v) is 3.31. The van der Waals surface area contributed by atoms with Gasteiger partial charge in [-0.15, -0.1) is 0 Å². The molecule has 0 bridgehead atoms. The number of ether oxygens (including phenoxy) is 1. The molecule has 1 aromatic rings. The van der Waals surface area contributed by atoms with Crippen LogP contribution in [0, 0.1) is 5.92 Å². The largest absolute Gasteiger partial charge is 0.480 e. The van der Waals surface area contributed by atoms with E-state index in [-0.39, 0.29) is 12.5 Å². The molecule has 2 amide bonds. The van der Waals surface area contributed by atoms with Crippen molar-refractivity contribution in [2.45, 2.75) is 64.1 Å². The van der Waals surface area contributed by atoms with E-state index in [4.69, 9.17) is 4.74 Å². The van der Waals surface area contributed by atoms with Gasteiger partial charge in [0.05, 0.1) is 0 Å². The summed E-state index contributed by atoms with van der Waals surface area (Å²) in [6.45, 7) is 3.57. The number of amides is 2. The molecule has 0 aromatic heterocycles. The maximum atomic E-state index is 12.9. The lowest BCUT2D eigenvalue weighted by atomic mass is 9.80. The third kappa shape index (κ3) is 5.70. The van der Waals surface area contributed by atoms with E-state index in [1.165, 1.54) is 0 Å². The van der Waals surface area contributed by atoms with Crippen LogP contribution in [0.25, 0.3) is 0 Å². The summed E-state index contributed by atoms with van der Waals surface area (Å²) in [5.41, 5.74) is -0.283. The van der Waals surface area contributed by atoms with Gasteiger partial charge in [-0.3, -0.25) is 4.79 Å². The van der Waals surface area contributed by atoms with Crippen molar-refractivity contribution in [1.82, 2.24) is 10.6 Å². The van der Waals surface area contributed by atoms with Gasteiger partial charge in [-0.05, 0) is 24.3 Å². The molecule has 2 rings (SSSR count). The third-order valence-corrected chi connectivity index (χ3v) is 4.92. The average molecular weight is 376 g/mol. The van der Waals surface area contributed by atoms with Gasteiger partial charge < -0.3 is 20.5 Å². The van der Waals surface area contributed by atoms with Gasteiger partial charge in [0.2, 0.25) is 5.91 Å². The summed E-state index contributed by atoms with van der Waals surface area (Å²) in [6.07, 6.45) is 2.79. The van der Waals surface area contributed by atoms with E-state index in [1.807, 2.05) is 30.3 Å². The molecule has 1 atom stereocenters. The molecule has 7 nitrogen and oxygen atoms in total. The number of alkyl carbamates (subject to hydrolysis) is 1. The zero-order valence-corrected chi connectivity index (χ0v) is 15.9. The number of carboxylic acid groups (broad SMARTS) is 1.